The summed E-state index contributed by atoms with van der Waals surface area (Å²) >= 11 is 0. The summed E-state index contributed by atoms with van der Waals surface area (Å²) in [7, 11) is 0. The molecule has 0 saturated heterocycles. The summed E-state index contributed by atoms with van der Waals surface area (Å²) in [5, 5.41) is 21.9. The van der Waals surface area contributed by atoms with Gasteiger partial charge in [0.25, 0.3) is 0 Å². The minimum atomic E-state index is -0.668. The van der Waals surface area contributed by atoms with E-state index in [9.17, 15) is 10.2 Å². The van der Waals surface area contributed by atoms with E-state index in [-0.39, 0.29) is 6.61 Å². The molecule has 0 fully saturated rings. The highest BCUT2D eigenvalue weighted by atomic mass is 16.3. The number of aliphatic hydroxyl groups is 2. The first-order valence-corrected chi connectivity index (χ1v) is 5.83. The molecule has 2 nitrogen and oxygen atoms in total. The van der Waals surface area contributed by atoms with Crippen LogP contribution in [0, 0.1) is 5.41 Å². The highest BCUT2D eigenvalue weighted by molar-refractivity contribution is 5.86. The molecule has 2 N–H and O–H groups in total. The van der Waals surface area contributed by atoms with Crippen LogP contribution < -0.4 is 0 Å². The first kappa shape index (κ1) is 12.1. The third kappa shape index (κ3) is 2.19. The third-order valence-electron chi connectivity index (χ3n) is 3.27. The molecular formula is C15H18O2. The molecular weight excluding hydrogens is 212 g/mol. The van der Waals surface area contributed by atoms with E-state index in [0.717, 1.165) is 16.3 Å². The smallest absolute Gasteiger partial charge is 0.0868 e. The summed E-state index contributed by atoms with van der Waals surface area (Å²) in [5.41, 5.74) is 0.339. The molecule has 0 aliphatic heterocycles. The molecule has 0 heterocycles. The quantitative estimate of drug-likeness (QED) is 0.851. The summed E-state index contributed by atoms with van der Waals surface area (Å²) in [5.74, 6) is 0. The van der Waals surface area contributed by atoms with Crippen LogP contribution in [0.5, 0.6) is 0 Å². The molecule has 0 bridgehead atoms. The molecule has 0 aromatic heterocycles. The Morgan fingerprint density at radius 2 is 1.71 bits per heavy atom. The van der Waals surface area contributed by atoms with E-state index in [2.05, 4.69) is 0 Å². The summed E-state index contributed by atoms with van der Waals surface area (Å²) in [4.78, 5) is 0. The lowest BCUT2D eigenvalue weighted by molar-refractivity contribution is 0.00730. The highest BCUT2D eigenvalue weighted by Crippen LogP contribution is 2.36. The SMILES string of the molecule is CC(C)(CO)C(O)c1cccc2ccccc12. The molecule has 1 atom stereocenters. The average molecular weight is 230 g/mol. The number of hydrogen-bond donors (Lipinski definition) is 2. The topological polar surface area (TPSA) is 40.5 Å². The zero-order valence-electron chi connectivity index (χ0n) is 10.2. The van der Waals surface area contributed by atoms with Gasteiger partial charge in [-0.3, -0.25) is 0 Å². The van der Waals surface area contributed by atoms with Gasteiger partial charge in [0.15, 0.2) is 0 Å². The Morgan fingerprint density at radius 1 is 1.06 bits per heavy atom. The van der Waals surface area contributed by atoms with Gasteiger partial charge >= 0.3 is 0 Å². The van der Waals surface area contributed by atoms with Crippen LogP contribution in [-0.4, -0.2) is 16.8 Å². The minimum absolute atomic E-state index is 0.0443. The molecule has 0 aliphatic rings. The van der Waals surface area contributed by atoms with Gasteiger partial charge in [-0.05, 0) is 16.3 Å². The standard InChI is InChI=1S/C15H18O2/c1-15(2,10-16)14(17)13-9-5-7-11-6-3-4-8-12(11)13/h3-9,14,16-17H,10H2,1-2H3. The second-order valence-corrected chi connectivity index (χ2v) is 5.12. The van der Waals surface area contributed by atoms with E-state index in [1.165, 1.54) is 0 Å². The van der Waals surface area contributed by atoms with Gasteiger partial charge in [0.2, 0.25) is 0 Å². The number of fused-ring (bicyclic) bond motifs is 1. The Morgan fingerprint density at radius 3 is 2.41 bits per heavy atom. The second-order valence-electron chi connectivity index (χ2n) is 5.12. The Bertz CT molecular complexity index is 512. The Kier molecular flexibility index (Phi) is 3.18. The monoisotopic (exact) mass is 230 g/mol. The maximum Gasteiger partial charge on any atom is 0.0868 e. The van der Waals surface area contributed by atoms with Gasteiger partial charge in [-0.2, -0.15) is 0 Å². The molecule has 90 valence electrons. The zero-order chi connectivity index (χ0) is 12.5. The summed E-state index contributed by atoms with van der Waals surface area (Å²) < 4.78 is 0. The van der Waals surface area contributed by atoms with Crippen molar-refractivity contribution in [3.63, 3.8) is 0 Å². The summed E-state index contributed by atoms with van der Waals surface area (Å²) in [6, 6.07) is 13.9. The molecule has 2 aromatic rings. The Hall–Kier alpha value is -1.38. The maximum atomic E-state index is 10.4. The van der Waals surface area contributed by atoms with Crippen LogP contribution in [0.25, 0.3) is 10.8 Å². The van der Waals surface area contributed by atoms with Crippen LogP contribution in [0.15, 0.2) is 42.5 Å². The molecule has 1 unspecified atom stereocenters. The Balaban J connectivity index is 2.56. The number of benzene rings is 2. The molecule has 0 aliphatic carbocycles. The first-order valence-electron chi connectivity index (χ1n) is 5.83. The van der Waals surface area contributed by atoms with Gasteiger partial charge in [0.1, 0.15) is 0 Å². The minimum Gasteiger partial charge on any atom is -0.396 e. The third-order valence-corrected chi connectivity index (χ3v) is 3.27. The lowest BCUT2D eigenvalue weighted by Gasteiger charge is -2.29. The van der Waals surface area contributed by atoms with E-state index >= 15 is 0 Å². The summed E-state index contributed by atoms with van der Waals surface area (Å²) in [6.07, 6.45) is -0.668. The predicted molar refractivity (Wildman–Crippen MR) is 69.8 cm³/mol. The van der Waals surface area contributed by atoms with Gasteiger partial charge in [-0.15, -0.1) is 0 Å². The van der Waals surface area contributed by atoms with E-state index in [1.807, 2.05) is 56.3 Å². The lowest BCUT2D eigenvalue weighted by atomic mass is 9.82. The number of hydrogen-bond acceptors (Lipinski definition) is 2. The molecule has 0 amide bonds. The highest BCUT2D eigenvalue weighted by Gasteiger charge is 2.29. The second kappa shape index (κ2) is 4.47. The number of aliphatic hydroxyl groups excluding tert-OH is 2. The van der Waals surface area contributed by atoms with Crippen LogP contribution in [0.2, 0.25) is 0 Å². The fourth-order valence-electron chi connectivity index (χ4n) is 2.00. The molecule has 2 heteroatoms. The van der Waals surface area contributed by atoms with E-state index in [1.54, 1.807) is 0 Å². The van der Waals surface area contributed by atoms with Crippen molar-refractivity contribution in [3.8, 4) is 0 Å². The van der Waals surface area contributed by atoms with E-state index < -0.39 is 11.5 Å². The van der Waals surface area contributed by atoms with Gasteiger partial charge in [-0.1, -0.05) is 56.3 Å². The molecule has 0 radical (unpaired) electrons. The van der Waals surface area contributed by atoms with Gasteiger partial charge in [0.05, 0.1) is 12.7 Å². The molecule has 0 spiro atoms. The van der Waals surface area contributed by atoms with Crippen LogP contribution in [0.3, 0.4) is 0 Å². The van der Waals surface area contributed by atoms with Gasteiger partial charge in [0, 0.05) is 5.41 Å². The summed E-state index contributed by atoms with van der Waals surface area (Å²) in [6.45, 7) is 3.68. The van der Waals surface area contributed by atoms with Crippen molar-refractivity contribution < 1.29 is 10.2 Å². The van der Waals surface area contributed by atoms with Crippen molar-refractivity contribution in [2.24, 2.45) is 5.41 Å². The van der Waals surface area contributed by atoms with Crippen LogP contribution in [0.1, 0.15) is 25.5 Å². The van der Waals surface area contributed by atoms with Gasteiger partial charge in [-0.25, -0.2) is 0 Å². The normalized spacial score (nSPS) is 13.9. The number of rotatable bonds is 3. The van der Waals surface area contributed by atoms with E-state index in [4.69, 9.17) is 0 Å². The van der Waals surface area contributed by atoms with Gasteiger partial charge < -0.3 is 10.2 Å². The first-order chi connectivity index (χ1) is 8.06. The van der Waals surface area contributed by atoms with Crippen molar-refractivity contribution >= 4 is 10.8 Å². The zero-order valence-corrected chi connectivity index (χ0v) is 10.2. The fourth-order valence-corrected chi connectivity index (χ4v) is 2.00. The van der Waals surface area contributed by atoms with Crippen LogP contribution in [0.4, 0.5) is 0 Å². The van der Waals surface area contributed by atoms with Crippen molar-refractivity contribution in [2.75, 3.05) is 6.61 Å². The molecule has 0 saturated carbocycles. The van der Waals surface area contributed by atoms with Crippen molar-refractivity contribution in [2.45, 2.75) is 20.0 Å². The van der Waals surface area contributed by atoms with Crippen molar-refractivity contribution in [1.82, 2.24) is 0 Å². The molecule has 2 rings (SSSR count). The fraction of sp³-hybridized carbons (Fsp3) is 0.333. The molecule has 17 heavy (non-hydrogen) atoms. The lowest BCUT2D eigenvalue weighted by Crippen LogP contribution is -2.26. The van der Waals surface area contributed by atoms with Crippen molar-refractivity contribution in [3.05, 3.63) is 48.0 Å². The molecule has 2 aromatic carbocycles. The Labute approximate surface area is 102 Å². The predicted octanol–water partition coefficient (Wildman–Crippen LogP) is 2.89. The van der Waals surface area contributed by atoms with Crippen LogP contribution >= 0.6 is 0 Å². The van der Waals surface area contributed by atoms with E-state index in [0.29, 0.717) is 0 Å². The van der Waals surface area contributed by atoms with Crippen molar-refractivity contribution in [1.29, 1.82) is 0 Å². The van der Waals surface area contributed by atoms with Crippen LogP contribution in [-0.2, 0) is 0 Å². The largest absolute Gasteiger partial charge is 0.396 e. The average Bonchev–Trinajstić information content (AvgIpc) is 2.37. The maximum absolute atomic E-state index is 10.4.